The molecule has 0 saturated heterocycles. The zero-order valence-electron chi connectivity index (χ0n) is 18.0. The number of ether oxygens (including phenoxy) is 1. The molecule has 6 heteroatoms. The van der Waals surface area contributed by atoms with E-state index in [1.807, 2.05) is 61.5 Å². The van der Waals surface area contributed by atoms with E-state index in [1.165, 1.54) is 0 Å². The summed E-state index contributed by atoms with van der Waals surface area (Å²) in [6.07, 6.45) is 7.24. The largest absolute Gasteiger partial charge is 1.00 e. The van der Waals surface area contributed by atoms with Gasteiger partial charge >= 0.3 is 29.6 Å². The van der Waals surface area contributed by atoms with Gasteiger partial charge in [0.15, 0.2) is 0 Å². The van der Waals surface area contributed by atoms with Gasteiger partial charge in [0, 0.05) is 21.2 Å². The molecule has 3 aromatic carbocycles. The maximum absolute atomic E-state index is 10.7. The van der Waals surface area contributed by atoms with Gasteiger partial charge < -0.3 is 14.6 Å². The molecule has 0 aliphatic heterocycles. The van der Waals surface area contributed by atoms with Crippen molar-refractivity contribution in [2.24, 2.45) is 0 Å². The molecule has 158 valence electrons. The summed E-state index contributed by atoms with van der Waals surface area (Å²) in [5, 5.41) is 11.9. The summed E-state index contributed by atoms with van der Waals surface area (Å²) in [5.41, 5.74) is 4.53. The number of rotatable bonds is 8. The van der Waals surface area contributed by atoms with Gasteiger partial charge in [-0.15, -0.1) is 0 Å². The van der Waals surface area contributed by atoms with Gasteiger partial charge in [0.2, 0.25) is 0 Å². The van der Waals surface area contributed by atoms with Gasteiger partial charge in [-0.3, -0.25) is 0 Å². The van der Waals surface area contributed by atoms with E-state index in [4.69, 9.17) is 27.9 Å². The van der Waals surface area contributed by atoms with Crippen molar-refractivity contribution in [2.45, 2.75) is 20.0 Å². The molecular formula is C26H21Cl2NaO3. The average molecular weight is 475 g/mol. The number of carboxylic acids is 1. The minimum atomic E-state index is -1.22. The van der Waals surface area contributed by atoms with Crippen LogP contribution in [0.3, 0.4) is 0 Å². The molecule has 3 aromatic rings. The van der Waals surface area contributed by atoms with E-state index in [9.17, 15) is 9.90 Å². The van der Waals surface area contributed by atoms with Crippen LogP contribution in [0.5, 0.6) is 5.75 Å². The Bertz CT molecular complexity index is 1120. The molecule has 0 aromatic heterocycles. The standard InChI is InChI=1S/C26H22Cl2O3.Na/c1-18-7-4-11-21(26(18)31-17-22-23(27)13-6-14-24(22)28)12-5-10-19-8-2-3-9-20(19)15-16-25(29)30;/h2-9,11-16H,10,17H2,1H3,(H,29,30);/q;+1/p-1/b12-5+,16-15+;. The molecule has 0 unspecified atom stereocenters. The quantitative estimate of drug-likeness (QED) is 0.372. The van der Waals surface area contributed by atoms with Crippen molar-refractivity contribution in [2.75, 3.05) is 0 Å². The fourth-order valence-electron chi connectivity index (χ4n) is 3.17. The van der Waals surface area contributed by atoms with Crippen LogP contribution in [-0.4, -0.2) is 5.97 Å². The van der Waals surface area contributed by atoms with Gasteiger partial charge in [-0.25, -0.2) is 0 Å². The molecule has 0 fully saturated rings. The Hall–Kier alpha value is -2.01. The number of aliphatic carboxylic acids is 1. The molecule has 0 atom stereocenters. The van der Waals surface area contributed by atoms with Crippen LogP contribution < -0.4 is 39.4 Å². The first-order chi connectivity index (χ1) is 15.0. The molecule has 0 N–H and O–H groups in total. The van der Waals surface area contributed by atoms with E-state index < -0.39 is 5.97 Å². The fraction of sp³-hybridized carbons (Fsp3) is 0.115. The monoisotopic (exact) mass is 474 g/mol. The van der Waals surface area contributed by atoms with Crippen LogP contribution in [0, 0.1) is 6.92 Å². The SMILES string of the molecule is Cc1cccc(/C=C/Cc2ccccc2/C=C/C(=O)[O-])c1OCc1c(Cl)cccc1Cl.[Na+]. The van der Waals surface area contributed by atoms with Gasteiger partial charge in [0.1, 0.15) is 12.4 Å². The number of carbonyl (C=O) groups excluding carboxylic acids is 1. The summed E-state index contributed by atoms with van der Waals surface area (Å²) in [5.74, 6) is -0.453. The van der Waals surface area contributed by atoms with Crippen molar-refractivity contribution in [3.63, 3.8) is 0 Å². The molecule has 0 aliphatic carbocycles. The predicted molar refractivity (Wildman–Crippen MR) is 125 cm³/mol. The van der Waals surface area contributed by atoms with Gasteiger partial charge in [-0.1, -0.05) is 90.0 Å². The minimum Gasteiger partial charge on any atom is -0.545 e. The second-order valence-electron chi connectivity index (χ2n) is 6.94. The number of hydrogen-bond acceptors (Lipinski definition) is 3. The Morgan fingerprint density at radius 2 is 1.59 bits per heavy atom. The maximum Gasteiger partial charge on any atom is 1.00 e. The Labute approximate surface area is 220 Å². The minimum absolute atomic E-state index is 0. The molecule has 0 bridgehead atoms. The summed E-state index contributed by atoms with van der Waals surface area (Å²) in [6.45, 7) is 2.25. The van der Waals surface area contributed by atoms with Crippen LogP contribution in [0.25, 0.3) is 12.2 Å². The molecular weight excluding hydrogens is 454 g/mol. The zero-order chi connectivity index (χ0) is 22.2. The molecule has 0 heterocycles. The third-order valence-electron chi connectivity index (χ3n) is 4.75. The number of allylic oxidation sites excluding steroid dienone is 1. The Kier molecular flexibility index (Phi) is 10.6. The first kappa shape index (κ1) is 26.2. The van der Waals surface area contributed by atoms with E-state index in [2.05, 4.69) is 0 Å². The van der Waals surface area contributed by atoms with Crippen LogP contribution in [0.2, 0.25) is 10.0 Å². The number of halogens is 2. The summed E-state index contributed by atoms with van der Waals surface area (Å²) >= 11 is 12.5. The molecule has 0 aliphatic rings. The number of carboxylic acid groups (broad SMARTS) is 1. The number of para-hydroxylation sites is 1. The van der Waals surface area contributed by atoms with Crippen molar-refractivity contribution in [3.8, 4) is 5.75 Å². The van der Waals surface area contributed by atoms with Gasteiger partial charge in [0.05, 0.1) is 5.97 Å². The maximum atomic E-state index is 10.7. The molecule has 3 rings (SSSR count). The topological polar surface area (TPSA) is 49.4 Å². The average Bonchev–Trinajstić information content (AvgIpc) is 2.74. The normalized spacial score (nSPS) is 11.0. The van der Waals surface area contributed by atoms with Crippen molar-refractivity contribution in [3.05, 3.63) is 111 Å². The molecule has 3 nitrogen and oxygen atoms in total. The van der Waals surface area contributed by atoms with Crippen molar-refractivity contribution in [1.29, 1.82) is 0 Å². The molecule has 0 radical (unpaired) electrons. The smallest absolute Gasteiger partial charge is 0.545 e. The zero-order valence-corrected chi connectivity index (χ0v) is 21.5. The van der Waals surface area contributed by atoms with Crippen molar-refractivity contribution >= 4 is 41.3 Å². The van der Waals surface area contributed by atoms with Gasteiger partial charge in [-0.2, -0.15) is 0 Å². The second-order valence-corrected chi connectivity index (χ2v) is 7.75. The van der Waals surface area contributed by atoms with Crippen LogP contribution in [0.4, 0.5) is 0 Å². The van der Waals surface area contributed by atoms with E-state index in [0.717, 1.165) is 39.6 Å². The van der Waals surface area contributed by atoms with Gasteiger partial charge in [0.25, 0.3) is 0 Å². The van der Waals surface area contributed by atoms with Crippen molar-refractivity contribution < 1.29 is 44.2 Å². The van der Waals surface area contributed by atoms with E-state index in [1.54, 1.807) is 24.3 Å². The van der Waals surface area contributed by atoms with E-state index in [-0.39, 0.29) is 36.2 Å². The molecule has 0 saturated carbocycles. The first-order valence-electron chi connectivity index (χ1n) is 9.74. The Morgan fingerprint density at radius 3 is 2.31 bits per heavy atom. The van der Waals surface area contributed by atoms with Gasteiger partial charge in [-0.05, 0) is 48.2 Å². The number of aryl methyl sites for hydroxylation is 1. The third kappa shape index (κ3) is 7.26. The molecule has 32 heavy (non-hydrogen) atoms. The Morgan fingerprint density at radius 1 is 0.938 bits per heavy atom. The number of hydrogen-bond donors (Lipinski definition) is 0. The summed E-state index contributed by atoms with van der Waals surface area (Å²) < 4.78 is 6.10. The van der Waals surface area contributed by atoms with Crippen LogP contribution in [0.15, 0.2) is 72.8 Å². The number of carbonyl (C=O) groups is 1. The number of benzene rings is 3. The Balaban J connectivity index is 0.00000363. The van der Waals surface area contributed by atoms with Crippen molar-refractivity contribution in [1.82, 2.24) is 0 Å². The van der Waals surface area contributed by atoms with Crippen LogP contribution in [0.1, 0.15) is 27.8 Å². The molecule has 0 amide bonds. The second kappa shape index (κ2) is 12.9. The van der Waals surface area contributed by atoms with E-state index >= 15 is 0 Å². The predicted octanol–water partition coefficient (Wildman–Crippen LogP) is 2.90. The van der Waals surface area contributed by atoms with Crippen LogP contribution >= 0.6 is 23.2 Å². The summed E-state index contributed by atoms with van der Waals surface area (Å²) in [6, 6.07) is 19.0. The third-order valence-corrected chi connectivity index (χ3v) is 5.46. The first-order valence-corrected chi connectivity index (χ1v) is 10.5. The fourth-order valence-corrected chi connectivity index (χ4v) is 3.68. The summed E-state index contributed by atoms with van der Waals surface area (Å²) in [7, 11) is 0. The van der Waals surface area contributed by atoms with Crippen LogP contribution in [-0.2, 0) is 17.8 Å². The summed E-state index contributed by atoms with van der Waals surface area (Å²) in [4.78, 5) is 10.7. The molecule has 0 spiro atoms. The van der Waals surface area contributed by atoms with E-state index in [0.29, 0.717) is 16.5 Å².